The monoisotopic (exact) mass is 635 g/mol. The molecule has 0 aliphatic heterocycles. The molecule has 0 heterocycles. The SMILES string of the molecule is C/C=C\C=C1/Cc2ccc(N(c3ccc(-c4ccccc4)c(-c4ccccc4)c3)c3ccc(-c4ccccc4)c(C(C)C)c3)cc2C1(C)C. The Labute approximate surface area is 292 Å². The van der Waals surface area contributed by atoms with Crippen molar-refractivity contribution in [2.24, 2.45) is 0 Å². The van der Waals surface area contributed by atoms with E-state index in [-0.39, 0.29) is 5.41 Å². The second-order valence-corrected chi connectivity index (χ2v) is 14.0. The summed E-state index contributed by atoms with van der Waals surface area (Å²) in [4.78, 5) is 2.46. The lowest BCUT2D eigenvalue weighted by Gasteiger charge is -2.30. The normalized spacial score (nSPS) is 14.4. The minimum absolute atomic E-state index is 0.0524. The van der Waals surface area contributed by atoms with Gasteiger partial charge in [0, 0.05) is 22.5 Å². The van der Waals surface area contributed by atoms with Gasteiger partial charge >= 0.3 is 0 Å². The van der Waals surface area contributed by atoms with Crippen LogP contribution in [-0.4, -0.2) is 0 Å². The van der Waals surface area contributed by atoms with Gasteiger partial charge in [-0.1, -0.05) is 161 Å². The fraction of sp³-hybridized carbons (Fsp3) is 0.167. The molecule has 7 rings (SSSR count). The molecular weight excluding hydrogens is 591 g/mol. The molecule has 6 aromatic rings. The third-order valence-electron chi connectivity index (χ3n) is 10.1. The second kappa shape index (κ2) is 13.6. The zero-order chi connectivity index (χ0) is 34.0. The molecule has 6 aromatic carbocycles. The molecular formula is C48H45N. The Balaban J connectivity index is 1.45. The number of hydrogen-bond acceptors (Lipinski definition) is 1. The first-order chi connectivity index (χ1) is 23.8. The van der Waals surface area contributed by atoms with E-state index in [9.17, 15) is 0 Å². The maximum absolute atomic E-state index is 2.46. The van der Waals surface area contributed by atoms with Gasteiger partial charge in [0.25, 0.3) is 0 Å². The van der Waals surface area contributed by atoms with Crippen molar-refractivity contribution in [3.63, 3.8) is 0 Å². The van der Waals surface area contributed by atoms with Crippen molar-refractivity contribution in [1.29, 1.82) is 0 Å². The van der Waals surface area contributed by atoms with Crippen molar-refractivity contribution in [2.45, 2.75) is 52.4 Å². The van der Waals surface area contributed by atoms with Gasteiger partial charge in [0.15, 0.2) is 0 Å². The van der Waals surface area contributed by atoms with Crippen molar-refractivity contribution in [3.8, 4) is 33.4 Å². The number of hydrogen-bond donors (Lipinski definition) is 0. The Hall–Kier alpha value is -5.40. The third kappa shape index (κ3) is 6.30. The van der Waals surface area contributed by atoms with Crippen LogP contribution in [0.25, 0.3) is 33.4 Å². The summed E-state index contributed by atoms with van der Waals surface area (Å²) in [5.74, 6) is 0.357. The van der Waals surface area contributed by atoms with E-state index in [0.29, 0.717) is 5.92 Å². The summed E-state index contributed by atoms with van der Waals surface area (Å²) in [7, 11) is 0. The van der Waals surface area contributed by atoms with Crippen molar-refractivity contribution in [3.05, 3.63) is 186 Å². The predicted octanol–water partition coefficient (Wildman–Crippen LogP) is 13.6. The van der Waals surface area contributed by atoms with Crippen LogP contribution in [0.2, 0.25) is 0 Å². The van der Waals surface area contributed by atoms with Crippen LogP contribution in [0.15, 0.2) is 169 Å². The number of fused-ring (bicyclic) bond motifs is 1. The molecule has 49 heavy (non-hydrogen) atoms. The van der Waals surface area contributed by atoms with Gasteiger partial charge in [-0.05, 0) is 106 Å². The first-order valence-electron chi connectivity index (χ1n) is 17.6. The Morgan fingerprint density at radius 2 is 1.08 bits per heavy atom. The summed E-state index contributed by atoms with van der Waals surface area (Å²) in [5.41, 5.74) is 16.5. The van der Waals surface area contributed by atoms with Crippen molar-refractivity contribution >= 4 is 17.1 Å². The molecule has 0 bridgehead atoms. The van der Waals surface area contributed by atoms with Crippen molar-refractivity contribution in [2.75, 3.05) is 4.90 Å². The van der Waals surface area contributed by atoms with Gasteiger partial charge < -0.3 is 4.90 Å². The molecule has 1 aliphatic rings. The van der Waals surface area contributed by atoms with Crippen LogP contribution in [-0.2, 0) is 11.8 Å². The predicted molar refractivity (Wildman–Crippen MR) is 211 cm³/mol. The van der Waals surface area contributed by atoms with E-state index in [2.05, 4.69) is 203 Å². The molecule has 0 amide bonds. The zero-order valence-corrected chi connectivity index (χ0v) is 29.3. The maximum Gasteiger partial charge on any atom is 0.0468 e. The number of rotatable bonds is 8. The molecule has 0 spiro atoms. The highest BCUT2D eigenvalue weighted by atomic mass is 15.1. The Morgan fingerprint density at radius 1 is 0.571 bits per heavy atom. The van der Waals surface area contributed by atoms with Crippen LogP contribution in [0.3, 0.4) is 0 Å². The quantitative estimate of drug-likeness (QED) is 0.161. The van der Waals surface area contributed by atoms with E-state index in [0.717, 1.165) is 17.8 Å². The summed E-state index contributed by atoms with van der Waals surface area (Å²) >= 11 is 0. The van der Waals surface area contributed by atoms with Crippen molar-refractivity contribution < 1.29 is 0 Å². The Bertz CT molecular complexity index is 2130. The average molecular weight is 636 g/mol. The van der Waals surface area contributed by atoms with E-state index < -0.39 is 0 Å². The fourth-order valence-corrected chi connectivity index (χ4v) is 7.41. The van der Waals surface area contributed by atoms with Gasteiger partial charge in [-0.2, -0.15) is 0 Å². The lowest BCUT2D eigenvalue weighted by atomic mass is 9.82. The number of allylic oxidation sites excluding steroid dienone is 4. The number of benzene rings is 6. The Morgan fingerprint density at radius 3 is 1.67 bits per heavy atom. The number of anilines is 3. The molecule has 0 radical (unpaired) electrons. The number of nitrogens with zero attached hydrogens (tertiary/aromatic N) is 1. The summed E-state index contributed by atoms with van der Waals surface area (Å²) in [5, 5.41) is 0. The van der Waals surface area contributed by atoms with Gasteiger partial charge in [-0.25, -0.2) is 0 Å². The summed E-state index contributed by atoms with van der Waals surface area (Å²) < 4.78 is 0. The zero-order valence-electron chi connectivity index (χ0n) is 29.3. The molecule has 1 heteroatoms. The molecule has 0 N–H and O–H groups in total. The van der Waals surface area contributed by atoms with E-state index in [1.807, 2.05) is 0 Å². The first kappa shape index (κ1) is 32.2. The van der Waals surface area contributed by atoms with Crippen LogP contribution in [0, 0.1) is 0 Å². The van der Waals surface area contributed by atoms with Gasteiger partial charge in [0.1, 0.15) is 0 Å². The molecule has 1 nitrogen and oxygen atoms in total. The third-order valence-corrected chi connectivity index (χ3v) is 10.1. The van der Waals surface area contributed by atoms with Gasteiger partial charge in [0.05, 0.1) is 0 Å². The molecule has 1 aliphatic carbocycles. The smallest absolute Gasteiger partial charge is 0.0468 e. The lowest BCUT2D eigenvalue weighted by molar-refractivity contribution is 0.644. The summed E-state index contributed by atoms with van der Waals surface area (Å²) in [6, 6.07) is 53.5. The minimum Gasteiger partial charge on any atom is -0.310 e. The molecule has 0 saturated carbocycles. The van der Waals surface area contributed by atoms with Crippen LogP contribution in [0.1, 0.15) is 57.2 Å². The highest BCUT2D eigenvalue weighted by Gasteiger charge is 2.35. The Kier molecular flexibility index (Phi) is 8.93. The summed E-state index contributed by atoms with van der Waals surface area (Å²) in [6.07, 6.45) is 7.59. The van der Waals surface area contributed by atoms with E-state index in [1.54, 1.807) is 0 Å². The topological polar surface area (TPSA) is 3.24 Å². The standard InChI is InChI=1S/C48H45N/c1-6-7-23-39-30-38-24-25-42(33-47(38)48(39,4)5)49(40-26-28-43(45(31-40)34(2)3)35-17-11-8-12-18-35)41-27-29-44(36-19-13-9-14-20-36)46(32-41)37-21-15-10-16-22-37/h6-29,31-34H,30H2,1-5H3/b7-6-,39-23+. The lowest BCUT2D eigenvalue weighted by Crippen LogP contribution is -2.17. The van der Waals surface area contributed by atoms with E-state index >= 15 is 0 Å². The maximum atomic E-state index is 2.46. The summed E-state index contributed by atoms with van der Waals surface area (Å²) in [6.45, 7) is 11.4. The molecule has 0 unspecified atom stereocenters. The van der Waals surface area contributed by atoms with E-state index in [1.165, 1.54) is 61.3 Å². The van der Waals surface area contributed by atoms with Crippen LogP contribution >= 0.6 is 0 Å². The molecule has 0 saturated heterocycles. The minimum atomic E-state index is -0.0524. The van der Waals surface area contributed by atoms with Gasteiger partial charge in [-0.3, -0.25) is 0 Å². The van der Waals surface area contributed by atoms with Gasteiger partial charge in [0.2, 0.25) is 0 Å². The first-order valence-corrected chi connectivity index (χ1v) is 17.6. The largest absolute Gasteiger partial charge is 0.310 e. The highest BCUT2D eigenvalue weighted by molar-refractivity contribution is 5.89. The average Bonchev–Trinajstić information content (AvgIpc) is 3.40. The fourth-order valence-electron chi connectivity index (χ4n) is 7.41. The highest BCUT2D eigenvalue weighted by Crippen LogP contribution is 2.47. The van der Waals surface area contributed by atoms with E-state index in [4.69, 9.17) is 0 Å². The molecule has 0 fully saturated rings. The molecule has 242 valence electrons. The molecule has 0 atom stereocenters. The van der Waals surface area contributed by atoms with Gasteiger partial charge in [-0.15, -0.1) is 0 Å². The van der Waals surface area contributed by atoms with Crippen LogP contribution < -0.4 is 4.90 Å². The molecule has 0 aromatic heterocycles. The van der Waals surface area contributed by atoms with Crippen LogP contribution in [0.4, 0.5) is 17.1 Å². The van der Waals surface area contributed by atoms with Crippen molar-refractivity contribution in [1.82, 2.24) is 0 Å². The van der Waals surface area contributed by atoms with Crippen LogP contribution in [0.5, 0.6) is 0 Å². The second-order valence-electron chi connectivity index (χ2n) is 14.0.